The summed E-state index contributed by atoms with van der Waals surface area (Å²) in [6, 6.07) is 4.68. The first-order valence-corrected chi connectivity index (χ1v) is 5.75. The molecule has 98 valence electrons. The second-order valence-electron chi connectivity index (χ2n) is 4.27. The molecule has 0 amide bonds. The van der Waals surface area contributed by atoms with Crippen molar-refractivity contribution < 1.29 is 14.3 Å². The lowest BCUT2D eigenvalue weighted by Gasteiger charge is -2.35. The molecule has 0 aromatic heterocycles. The maximum absolute atomic E-state index is 14.0. The van der Waals surface area contributed by atoms with E-state index in [9.17, 15) is 4.39 Å². The number of benzene rings is 1. The Bertz CT molecular complexity index is 465. The van der Waals surface area contributed by atoms with Crippen molar-refractivity contribution in [3.63, 3.8) is 0 Å². The topological polar surface area (TPSA) is 71.1 Å². The summed E-state index contributed by atoms with van der Waals surface area (Å²) in [4.78, 5) is 1.95. The van der Waals surface area contributed by atoms with E-state index in [0.29, 0.717) is 31.0 Å². The van der Waals surface area contributed by atoms with Crippen molar-refractivity contribution in [2.45, 2.75) is 13.0 Å². The summed E-state index contributed by atoms with van der Waals surface area (Å²) >= 11 is 0. The largest absolute Gasteiger partial charge is 0.409 e. The van der Waals surface area contributed by atoms with Gasteiger partial charge in [-0.25, -0.2) is 4.39 Å². The summed E-state index contributed by atoms with van der Waals surface area (Å²) in [5.41, 5.74) is 6.29. The molecule has 3 N–H and O–H groups in total. The second kappa shape index (κ2) is 5.22. The summed E-state index contributed by atoms with van der Waals surface area (Å²) in [6.45, 7) is 3.81. The van der Waals surface area contributed by atoms with Crippen molar-refractivity contribution in [3.05, 3.63) is 29.6 Å². The third-order valence-corrected chi connectivity index (χ3v) is 3.03. The van der Waals surface area contributed by atoms with E-state index in [1.54, 1.807) is 12.1 Å². The molecule has 18 heavy (non-hydrogen) atoms. The van der Waals surface area contributed by atoms with Crippen LogP contribution in [0, 0.1) is 5.82 Å². The van der Waals surface area contributed by atoms with Gasteiger partial charge in [0, 0.05) is 18.2 Å². The first-order valence-electron chi connectivity index (χ1n) is 5.75. The van der Waals surface area contributed by atoms with E-state index in [1.165, 1.54) is 6.07 Å². The van der Waals surface area contributed by atoms with E-state index >= 15 is 0 Å². The molecule has 1 saturated heterocycles. The molecular weight excluding hydrogens is 237 g/mol. The smallest absolute Gasteiger partial charge is 0.170 e. The predicted molar refractivity (Wildman–Crippen MR) is 66.5 cm³/mol. The molecule has 6 heteroatoms. The van der Waals surface area contributed by atoms with Crippen LogP contribution < -0.4 is 10.6 Å². The van der Waals surface area contributed by atoms with Crippen LogP contribution in [-0.2, 0) is 4.74 Å². The normalized spacial score (nSPS) is 21.1. The Hall–Kier alpha value is -1.82. The van der Waals surface area contributed by atoms with Crippen molar-refractivity contribution in [1.82, 2.24) is 0 Å². The summed E-state index contributed by atoms with van der Waals surface area (Å²) in [6.07, 6.45) is 0. The maximum Gasteiger partial charge on any atom is 0.170 e. The van der Waals surface area contributed by atoms with Crippen LogP contribution >= 0.6 is 0 Å². The molecule has 1 aliphatic rings. The second-order valence-corrected chi connectivity index (χ2v) is 4.27. The van der Waals surface area contributed by atoms with Crippen molar-refractivity contribution in [1.29, 1.82) is 0 Å². The van der Waals surface area contributed by atoms with E-state index in [-0.39, 0.29) is 17.7 Å². The molecule has 0 aliphatic carbocycles. The van der Waals surface area contributed by atoms with Crippen molar-refractivity contribution in [2.24, 2.45) is 10.9 Å². The number of hydrogen-bond acceptors (Lipinski definition) is 4. The van der Waals surface area contributed by atoms with Crippen LogP contribution in [0.25, 0.3) is 0 Å². The molecule has 1 heterocycles. The van der Waals surface area contributed by atoms with Crippen LogP contribution in [0.1, 0.15) is 12.5 Å². The monoisotopic (exact) mass is 253 g/mol. The average Bonchev–Trinajstić information content (AvgIpc) is 2.39. The van der Waals surface area contributed by atoms with Gasteiger partial charge in [-0.2, -0.15) is 0 Å². The number of ether oxygens (including phenoxy) is 1. The number of amidine groups is 1. The highest BCUT2D eigenvalue weighted by Gasteiger charge is 2.22. The van der Waals surface area contributed by atoms with E-state index < -0.39 is 0 Å². The Kier molecular flexibility index (Phi) is 3.66. The summed E-state index contributed by atoms with van der Waals surface area (Å²) < 4.78 is 19.3. The molecular formula is C12H16FN3O2. The van der Waals surface area contributed by atoms with Crippen LogP contribution in [0.2, 0.25) is 0 Å². The van der Waals surface area contributed by atoms with Gasteiger partial charge >= 0.3 is 0 Å². The molecule has 1 aromatic carbocycles. The molecule has 1 atom stereocenters. The standard InChI is InChI=1S/C12H16FN3O2/c1-8-7-18-5-4-16(8)11-3-2-9(6-10(11)13)12(14)15-17/h2-3,6,8,17H,4-5,7H2,1H3,(H2,14,15). The number of morpholine rings is 1. The SMILES string of the molecule is CC1COCCN1c1ccc(/C(N)=N/O)cc1F. The lowest BCUT2D eigenvalue weighted by molar-refractivity contribution is 0.0986. The van der Waals surface area contributed by atoms with Gasteiger partial charge in [0.25, 0.3) is 0 Å². The first kappa shape index (κ1) is 12.6. The Balaban J connectivity index is 2.29. The van der Waals surface area contributed by atoms with E-state index in [2.05, 4.69) is 5.16 Å². The quantitative estimate of drug-likeness (QED) is 0.359. The highest BCUT2D eigenvalue weighted by molar-refractivity contribution is 5.97. The molecule has 1 aliphatic heterocycles. The van der Waals surface area contributed by atoms with Gasteiger partial charge in [0.2, 0.25) is 0 Å². The van der Waals surface area contributed by atoms with E-state index in [4.69, 9.17) is 15.7 Å². The van der Waals surface area contributed by atoms with Gasteiger partial charge in [-0.3, -0.25) is 0 Å². The highest BCUT2D eigenvalue weighted by atomic mass is 19.1. The van der Waals surface area contributed by atoms with Crippen LogP contribution in [0.5, 0.6) is 0 Å². The number of oxime groups is 1. The molecule has 0 bridgehead atoms. The molecule has 2 rings (SSSR count). The highest BCUT2D eigenvalue weighted by Crippen LogP contribution is 2.24. The maximum atomic E-state index is 14.0. The van der Waals surface area contributed by atoms with Gasteiger partial charge in [0.15, 0.2) is 5.84 Å². The fraction of sp³-hybridized carbons (Fsp3) is 0.417. The number of rotatable bonds is 2. The van der Waals surface area contributed by atoms with E-state index in [0.717, 1.165) is 0 Å². The van der Waals surface area contributed by atoms with Gasteiger partial charge in [-0.05, 0) is 25.1 Å². The zero-order valence-electron chi connectivity index (χ0n) is 10.1. The van der Waals surface area contributed by atoms with Crippen molar-refractivity contribution in [2.75, 3.05) is 24.7 Å². The Labute approximate surface area is 105 Å². The third kappa shape index (κ3) is 2.38. The van der Waals surface area contributed by atoms with Crippen LogP contribution in [0.15, 0.2) is 23.4 Å². The summed E-state index contributed by atoms with van der Waals surface area (Å²) in [7, 11) is 0. The third-order valence-electron chi connectivity index (χ3n) is 3.03. The Morgan fingerprint density at radius 3 is 3.00 bits per heavy atom. The predicted octanol–water partition coefficient (Wildman–Crippen LogP) is 1.15. The molecule has 0 saturated carbocycles. The first-order chi connectivity index (χ1) is 8.63. The minimum absolute atomic E-state index is 0.101. The summed E-state index contributed by atoms with van der Waals surface area (Å²) in [5, 5.41) is 11.4. The number of hydrogen-bond donors (Lipinski definition) is 2. The van der Waals surface area contributed by atoms with Crippen LogP contribution in [0.3, 0.4) is 0 Å². The lowest BCUT2D eigenvalue weighted by atomic mass is 10.1. The molecule has 0 spiro atoms. The fourth-order valence-corrected chi connectivity index (χ4v) is 2.04. The minimum atomic E-state index is -0.382. The van der Waals surface area contributed by atoms with Crippen LogP contribution in [0.4, 0.5) is 10.1 Å². The van der Waals surface area contributed by atoms with E-state index in [1.807, 2.05) is 11.8 Å². The molecule has 0 radical (unpaired) electrons. The molecule has 1 aromatic rings. The molecule has 5 nitrogen and oxygen atoms in total. The molecule has 1 fully saturated rings. The summed E-state index contributed by atoms with van der Waals surface area (Å²) in [5.74, 6) is -0.483. The van der Waals surface area contributed by atoms with Gasteiger partial charge in [-0.15, -0.1) is 0 Å². The zero-order valence-corrected chi connectivity index (χ0v) is 10.1. The Morgan fingerprint density at radius 2 is 2.39 bits per heavy atom. The van der Waals surface area contributed by atoms with Gasteiger partial charge < -0.3 is 20.6 Å². The fourth-order valence-electron chi connectivity index (χ4n) is 2.04. The zero-order chi connectivity index (χ0) is 13.1. The van der Waals surface area contributed by atoms with Crippen molar-refractivity contribution >= 4 is 11.5 Å². The minimum Gasteiger partial charge on any atom is -0.409 e. The number of nitrogens with zero attached hydrogens (tertiary/aromatic N) is 2. The number of nitrogens with two attached hydrogens (primary N) is 1. The van der Waals surface area contributed by atoms with Gasteiger partial charge in [0.1, 0.15) is 5.82 Å². The van der Waals surface area contributed by atoms with Crippen molar-refractivity contribution in [3.8, 4) is 0 Å². The Morgan fingerprint density at radius 1 is 1.61 bits per heavy atom. The molecule has 1 unspecified atom stereocenters. The van der Waals surface area contributed by atoms with Gasteiger partial charge in [0.05, 0.1) is 18.9 Å². The lowest BCUT2D eigenvalue weighted by Crippen LogP contribution is -2.44. The number of anilines is 1. The number of halogens is 1. The van der Waals surface area contributed by atoms with Gasteiger partial charge in [-0.1, -0.05) is 5.16 Å². The van der Waals surface area contributed by atoms with Crippen LogP contribution in [-0.4, -0.2) is 36.8 Å². The average molecular weight is 253 g/mol.